The van der Waals surface area contributed by atoms with E-state index in [1.165, 1.54) is 6.92 Å². The number of aliphatic hydroxyl groups is 1. The van der Waals surface area contributed by atoms with E-state index in [0.29, 0.717) is 6.61 Å². The molecule has 0 radical (unpaired) electrons. The van der Waals surface area contributed by atoms with Gasteiger partial charge in [-0.25, -0.2) is 4.79 Å². The molecule has 4 heteroatoms. The monoisotopic (exact) mass is 238 g/mol. The molecule has 1 aromatic carbocycles. The van der Waals surface area contributed by atoms with E-state index < -0.39 is 17.5 Å². The lowest BCUT2D eigenvalue weighted by Crippen LogP contribution is -2.40. The van der Waals surface area contributed by atoms with Crippen LogP contribution in [0.15, 0.2) is 24.3 Å². The maximum atomic E-state index is 10.9. The molecule has 0 heterocycles. The van der Waals surface area contributed by atoms with Crippen LogP contribution in [0.4, 0.5) is 0 Å². The van der Waals surface area contributed by atoms with Crippen LogP contribution >= 0.6 is 0 Å². The number of hydrogen-bond donors (Lipinski definition) is 2. The summed E-state index contributed by atoms with van der Waals surface area (Å²) in [5, 5.41) is 18.8. The second-order valence-electron chi connectivity index (χ2n) is 4.18. The van der Waals surface area contributed by atoms with Crippen molar-refractivity contribution in [2.24, 2.45) is 0 Å². The van der Waals surface area contributed by atoms with E-state index in [4.69, 9.17) is 9.84 Å². The number of aliphatic carboxylic acids is 1. The van der Waals surface area contributed by atoms with Crippen LogP contribution in [0, 0.1) is 0 Å². The van der Waals surface area contributed by atoms with Crippen LogP contribution in [0.5, 0.6) is 5.75 Å². The third-order valence-corrected chi connectivity index (χ3v) is 2.97. The first-order valence-electron chi connectivity index (χ1n) is 5.58. The van der Waals surface area contributed by atoms with Crippen molar-refractivity contribution >= 4 is 5.97 Å². The van der Waals surface area contributed by atoms with Crippen LogP contribution in [-0.4, -0.2) is 28.4 Å². The number of carboxylic acid groups (broad SMARTS) is 1. The number of ether oxygens (including phenoxy) is 1. The van der Waals surface area contributed by atoms with Gasteiger partial charge in [0.2, 0.25) is 0 Å². The fraction of sp³-hybridized carbons (Fsp3) is 0.462. The molecule has 4 nitrogen and oxygen atoms in total. The van der Waals surface area contributed by atoms with Gasteiger partial charge in [-0.3, -0.25) is 0 Å². The average molecular weight is 238 g/mol. The molecule has 2 N–H and O–H groups in total. The highest BCUT2D eigenvalue weighted by Gasteiger charge is 2.37. The SMILES string of the molecule is CCOc1ccc(C(C)C(C)(O)C(=O)O)cc1. The molecule has 0 aromatic heterocycles. The average Bonchev–Trinajstić information content (AvgIpc) is 2.29. The Morgan fingerprint density at radius 3 is 2.35 bits per heavy atom. The van der Waals surface area contributed by atoms with E-state index >= 15 is 0 Å². The van der Waals surface area contributed by atoms with E-state index in [9.17, 15) is 9.90 Å². The van der Waals surface area contributed by atoms with Gasteiger partial charge in [-0.2, -0.15) is 0 Å². The molecular weight excluding hydrogens is 220 g/mol. The summed E-state index contributed by atoms with van der Waals surface area (Å²) in [5.74, 6) is -0.979. The first kappa shape index (κ1) is 13.5. The zero-order valence-electron chi connectivity index (χ0n) is 10.3. The predicted octanol–water partition coefficient (Wildman–Crippen LogP) is 2.02. The smallest absolute Gasteiger partial charge is 0.336 e. The van der Waals surface area contributed by atoms with Gasteiger partial charge in [0.15, 0.2) is 5.60 Å². The number of carbonyl (C=O) groups is 1. The van der Waals surface area contributed by atoms with Gasteiger partial charge in [0.05, 0.1) is 6.61 Å². The summed E-state index contributed by atoms with van der Waals surface area (Å²) >= 11 is 0. The highest BCUT2D eigenvalue weighted by molar-refractivity contribution is 5.78. The Balaban J connectivity index is 2.90. The molecule has 0 saturated carbocycles. The molecule has 1 rings (SSSR count). The lowest BCUT2D eigenvalue weighted by molar-refractivity contribution is -0.158. The summed E-state index contributed by atoms with van der Waals surface area (Å²) in [6, 6.07) is 7.08. The second-order valence-corrected chi connectivity index (χ2v) is 4.18. The quantitative estimate of drug-likeness (QED) is 0.823. The van der Waals surface area contributed by atoms with Crippen LogP contribution in [-0.2, 0) is 4.79 Å². The van der Waals surface area contributed by atoms with Crippen molar-refractivity contribution in [3.63, 3.8) is 0 Å². The lowest BCUT2D eigenvalue weighted by Gasteiger charge is -2.26. The number of benzene rings is 1. The lowest BCUT2D eigenvalue weighted by atomic mass is 9.85. The minimum absolute atomic E-state index is 0.490. The van der Waals surface area contributed by atoms with E-state index in [-0.39, 0.29) is 0 Å². The highest BCUT2D eigenvalue weighted by atomic mass is 16.5. The maximum Gasteiger partial charge on any atom is 0.336 e. The second kappa shape index (κ2) is 5.19. The minimum Gasteiger partial charge on any atom is -0.494 e. The fourth-order valence-electron chi connectivity index (χ4n) is 1.53. The topological polar surface area (TPSA) is 66.8 Å². The first-order chi connectivity index (χ1) is 7.89. The minimum atomic E-state index is -1.77. The van der Waals surface area contributed by atoms with Crippen molar-refractivity contribution in [2.75, 3.05) is 6.61 Å². The molecule has 94 valence electrons. The third kappa shape index (κ3) is 2.97. The van der Waals surface area contributed by atoms with Crippen LogP contribution in [0.3, 0.4) is 0 Å². The van der Waals surface area contributed by atoms with Gasteiger partial charge in [0.1, 0.15) is 5.75 Å². The first-order valence-corrected chi connectivity index (χ1v) is 5.58. The molecule has 17 heavy (non-hydrogen) atoms. The Labute approximate surface area is 101 Å². The van der Waals surface area contributed by atoms with E-state index in [2.05, 4.69) is 0 Å². The van der Waals surface area contributed by atoms with Crippen molar-refractivity contribution < 1.29 is 19.7 Å². The third-order valence-electron chi connectivity index (χ3n) is 2.97. The summed E-state index contributed by atoms with van der Waals surface area (Å²) < 4.78 is 5.29. The van der Waals surface area contributed by atoms with E-state index in [0.717, 1.165) is 11.3 Å². The van der Waals surface area contributed by atoms with Crippen LogP contribution < -0.4 is 4.74 Å². The molecule has 0 aliphatic carbocycles. The summed E-state index contributed by atoms with van der Waals surface area (Å²) in [4.78, 5) is 10.9. The molecule has 0 saturated heterocycles. The summed E-state index contributed by atoms with van der Waals surface area (Å²) in [6.07, 6.45) is 0. The van der Waals surface area contributed by atoms with Gasteiger partial charge in [-0.15, -0.1) is 0 Å². The van der Waals surface area contributed by atoms with Crippen molar-refractivity contribution in [2.45, 2.75) is 32.3 Å². The number of hydrogen-bond acceptors (Lipinski definition) is 3. The largest absolute Gasteiger partial charge is 0.494 e. The molecular formula is C13H18O4. The zero-order chi connectivity index (χ0) is 13.1. The fourth-order valence-corrected chi connectivity index (χ4v) is 1.53. The van der Waals surface area contributed by atoms with Crippen molar-refractivity contribution in [1.82, 2.24) is 0 Å². The Bertz CT molecular complexity index is 381. The molecule has 0 spiro atoms. The molecule has 0 aliphatic heterocycles. The van der Waals surface area contributed by atoms with Crippen LogP contribution in [0.1, 0.15) is 32.3 Å². The number of rotatable bonds is 5. The van der Waals surface area contributed by atoms with Gasteiger partial charge in [0, 0.05) is 5.92 Å². The van der Waals surface area contributed by atoms with Gasteiger partial charge in [-0.05, 0) is 31.5 Å². The molecule has 0 amide bonds. The Kier molecular flexibility index (Phi) is 4.12. The number of carboxylic acids is 1. The van der Waals surface area contributed by atoms with Crippen molar-refractivity contribution in [3.8, 4) is 5.75 Å². The molecule has 0 bridgehead atoms. The summed E-state index contributed by atoms with van der Waals surface area (Å²) in [7, 11) is 0. The molecule has 2 atom stereocenters. The van der Waals surface area contributed by atoms with Gasteiger partial charge >= 0.3 is 5.97 Å². The highest BCUT2D eigenvalue weighted by Crippen LogP contribution is 2.29. The zero-order valence-corrected chi connectivity index (χ0v) is 10.3. The molecule has 2 unspecified atom stereocenters. The maximum absolute atomic E-state index is 10.9. The summed E-state index contributed by atoms with van der Waals surface area (Å²) in [5.41, 5.74) is -1.01. The van der Waals surface area contributed by atoms with Gasteiger partial charge < -0.3 is 14.9 Å². The predicted molar refractivity (Wildman–Crippen MR) is 64.3 cm³/mol. The molecule has 1 aromatic rings. The standard InChI is InChI=1S/C13H18O4/c1-4-17-11-7-5-10(6-8-11)9(2)13(3,16)12(14)15/h5-9,16H,4H2,1-3H3,(H,14,15). The Morgan fingerprint density at radius 1 is 1.41 bits per heavy atom. The Morgan fingerprint density at radius 2 is 1.94 bits per heavy atom. The van der Waals surface area contributed by atoms with Crippen molar-refractivity contribution in [3.05, 3.63) is 29.8 Å². The van der Waals surface area contributed by atoms with Gasteiger partial charge in [0.25, 0.3) is 0 Å². The molecule has 0 fully saturated rings. The normalized spacial score (nSPS) is 16.0. The van der Waals surface area contributed by atoms with Crippen LogP contribution in [0.25, 0.3) is 0 Å². The van der Waals surface area contributed by atoms with E-state index in [1.54, 1.807) is 31.2 Å². The Hall–Kier alpha value is -1.55. The van der Waals surface area contributed by atoms with Crippen molar-refractivity contribution in [1.29, 1.82) is 0 Å². The van der Waals surface area contributed by atoms with Gasteiger partial charge in [-0.1, -0.05) is 19.1 Å². The van der Waals surface area contributed by atoms with Crippen LogP contribution in [0.2, 0.25) is 0 Å². The summed E-state index contributed by atoms with van der Waals surface area (Å²) in [6.45, 7) is 5.47. The molecule has 0 aliphatic rings. The van der Waals surface area contributed by atoms with E-state index in [1.807, 2.05) is 6.92 Å².